The average Bonchev–Trinajstić information content (AvgIpc) is 2.92. The Morgan fingerprint density at radius 3 is 2.75 bits per heavy atom. The number of carbonyl (C=O) groups excluding carboxylic acids is 1. The van der Waals surface area contributed by atoms with Crippen LogP contribution in [0.15, 0.2) is 36.7 Å². The molecule has 1 amide bonds. The van der Waals surface area contributed by atoms with Crippen molar-refractivity contribution in [3.63, 3.8) is 0 Å². The van der Waals surface area contributed by atoms with Gasteiger partial charge in [0.15, 0.2) is 0 Å². The standard InChI is InChI=1S/C18H22FN3O2/c1-14-20-7-10-22(14)13-18(24)5-8-21(9-6-18)17(23)12-15-3-2-4-16(19)11-15/h2-4,7,10-11,24H,5-6,8-9,12-13H2,1H3. The molecule has 2 aromatic rings. The Morgan fingerprint density at radius 2 is 2.12 bits per heavy atom. The Kier molecular flexibility index (Phi) is 4.66. The van der Waals surface area contributed by atoms with Gasteiger partial charge < -0.3 is 14.6 Å². The first kappa shape index (κ1) is 16.6. The van der Waals surface area contributed by atoms with Crippen molar-refractivity contribution in [2.45, 2.75) is 38.3 Å². The molecular weight excluding hydrogens is 309 g/mol. The number of hydrogen-bond acceptors (Lipinski definition) is 3. The van der Waals surface area contributed by atoms with Gasteiger partial charge in [-0.15, -0.1) is 0 Å². The number of halogens is 1. The zero-order valence-corrected chi connectivity index (χ0v) is 13.8. The summed E-state index contributed by atoms with van der Waals surface area (Å²) in [5, 5.41) is 10.8. The van der Waals surface area contributed by atoms with E-state index < -0.39 is 5.60 Å². The van der Waals surface area contributed by atoms with E-state index in [1.165, 1.54) is 12.1 Å². The van der Waals surface area contributed by atoms with Crippen LogP contribution in [0.2, 0.25) is 0 Å². The van der Waals surface area contributed by atoms with Crippen LogP contribution in [0, 0.1) is 12.7 Å². The number of likely N-dealkylation sites (tertiary alicyclic amines) is 1. The largest absolute Gasteiger partial charge is 0.388 e. The first-order chi connectivity index (χ1) is 11.5. The molecule has 1 aromatic carbocycles. The Balaban J connectivity index is 1.56. The van der Waals surface area contributed by atoms with Gasteiger partial charge in [-0.1, -0.05) is 12.1 Å². The molecule has 0 radical (unpaired) electrons. The fraction of sp³-hybridized carbons (Fsp3) is 0.444. The highest BCUT2D eigenvalue weighted by molar-refractivity contribution is 5.78. The van der Waals surface area contributed by atoms with Gasteiger partial charge in [-0.25, -0.2) is 9.37 Å². The van der Waals surface area contributed by atoms with Gasteiger partial charge in [0, 0.05) is 25.5 Å². The highest BCUT2D eigenvalue weighted by Gasteiger charge is 2.34. The van der Waals surface area contributed by atoms with Crippen molar-refractivity contribution in [1.82, 2.24) is 14.5 Å². The molecule has 0 atom stereocenters. The highest BCUT2D eigenvalue weighted by Crippen LogP contribution is 2.25. The van der Waals surface area contributed by atoms with Crippen molar-refractivity contribution < 1.29 is 14.3 Å². The maximum absolute atomic E-state index is 13.2. The normalized spacial score (nSPS) is 17.0. The zero-order valence-electron chi connectivity index (χ0n) is 13.8. The van der Waals surface area contributed by atoms with Crippen LogP contribution in [0.25, 0.3) is 0 Å². The lowest BCUT2D eigenvalue weighted by atomic mass is 9.91. The van der Waals surface area contributed by atoms with E-state index in [1.807, 2.05) is 17.7 Å². The Morgan fingerprint density at radius 1 is 1.38 bits per heavy atom. The summed E-state index contributed by atoms with van der Waals surface area (Å²) in [6.07, 6.45) is 4.82. The van der Waals surface area contributed by atoms with Crippen molar-refractivity contribution in [1.29, 1.82) is 0 Å². The summed E-state index contributed by atoms with van der Waals surface area (Å²) in [7, 11) is 0. The molecule has 6 heteroatoms. The Bertz CT molecular complexity index is 721. The van der Waals surface area contributed by atoms with Crippen LogP contribution in [0.1, 0.15) is 24.2 Å². The Hall–Kier alpha value is -2.21. The molecule has 1 saturated heterocycles. The maximum Gasteiger partial charge on any atom is 0.226 e. The third kappa shape index (κ3) is 3.82. The molecular formula is C18H22FN3O2. The summed E-state index contributed by atoms with van der Waals surface area (Å²) >= 11 is 0. The number of aliphatic hydroxyl groups is 1. The van der Waals surface area contributed by atoms with Crippen LogP contribution in [-0.4, -0.2) is 44.2 Å². The maximum atomic E-state index is 13.2. The number of imidazole rings is 1. The molecule has 0 saturated carbocycles. The van der Waals surface area contributed by atoms with Gasteiger partial charge in [0.25, 0.3) is 0 Å². The smallest absolute Gasteiger partial charge is 0.226 e. The average molecular weight is 331 g/mol. The molecule has 128 valence electrons. The van der Waals surface area contributed by atoms with Crippen LogP contribution < -0.4 is 0 Å². The van der Waals surface area contributed by atoms with Crippen LogP contribution in [-0.2, 0) is 17.8 Å². The van der Waals surface area contributed by atoms with E-state index in [0.29, 0.717) is 38.0 Å². The van der Waals surface area contributed by atoms with E-state index >= 15 is 0 Å². The molecule has 3 rings (SSSR count). The fourth-order valence-corrected chi connectivity index (χ4v) is 3.15. The summed E-state index contributed by atoms with van der Waals surface area (Å²) in [6.45, 7) is 3.42. The number of hydrogen-bond donors (Lipinski definition) is 1. The van der Waals surface area contributed by atoms with Crippen LogP contribution >= 0.6 is 0 Å². The van der Waals surface area contributed by atoms with Gasteiger partial charge in [0.1, 0.15) is 11.6 Å². The van der Waals surface area contributed by atoms with E-state index in [2.05, 4.69) is 4.98 Å². The van der Waals surface area contributed by atoms with Crippen molar-refractivity contribution in [2.24, 2.45) is 0 Å². The number of aromatic nitrogens is 2. The number of aryl methyl sites for hydroxylation is 1. The second-order valence-electron chi connectivity index (χ2n) is 6.51. The van der Waals surface area contributed by atoms with Gasteiger partial charge >= 0.3 is 0 Å². The van der Waals surface area contributed by atoms with E-state index in [-0.39, 0.29) is 18.1 Å². The molecule has 5 nitrogen and oxygen atoms in total. The van der Waals surface area contributed by atoms with Crippen LogP contribution in [0.4, 0.5) is 4.39 Å². The van der Waals surface area contributed by atoms with E-state index in [9.17, 15) is 14.3 Å². The first-order valence-corrected chi connectivity index (χ1v) is 8.18. The predicted octanol–water partition coefficient (Wildman–Crippen LogP) is 1.93. The minimum atomic E-state index is -0.818. The van der Waals surface area contributed by atoms with Crippen molar-refractivity contribution in [3.05, 3.63) is 53.9 Å². The minimum Gasteiger partial charge on any atom is -0.388 e. The van der Waals surface area contributed by atoms with Crippen LogP contribution in [0.5, 0.6) is 0 Å². The van der Waals surface area contributed by atoms with E-state index in [0.717, 1.165) is 5.82 Å². The lowest BCUT2D eigenvalue weighted by Gasteiger charge is -2.38. The number of piperidine rings is 1. The molecule has 0 aliphatic carbocycles. The van der Waals surface area contributed by atoms with Crippen molar-refractivity contribution in [3.8, 4) is 0 Å². The highest BCUT2D eigenvalue weighted by atomic mass is 19.1. The summed E-state index contributed by atoms with van der Waals surface area (Å²) in [6, 6.07) is 6.12. The lowest BCUT2D eigenvalue weighted by Crippen LogP contribution is -2.49. The molecule has 1 N–H and O–H groups in total. The van der Waals surface area contributed by atoms with E-state index in [4.69, 9.17) is 0 Å². The number of nitrogens with zero attached hydrogens (tertiary/aromatic N) is 3. The summed E-state index contributed by atoms with van der Waals surface area (Å²) < 4.78 is 15.1. The van der Waals surface area contributed by atoms with Crippen molar-refractivity contribution >= 4 is 5.91 Å². The molecule has 1 fully saturated rings. The molecule has 1 aromatic heterocycles. The van der Waals surface area contributed by atoms with Gasteiger partial charge in [-0.3, -0.25) is 4.79 Å². The summed E-state index contributed by atoms with van der Waals surface area (Å²) in [4.78, 5) is 18.3. The number of amides is 1. The van der Waals surface area contributed by atoms with Gasteiger partial charge in [0.2, 0.25) is 5.91 Å². The predicted molar refractivity (Wildman–Crippen MR) is 87.8 cm³/mol. The topological polar surface area (TPSA) is 58.4 Å². The lowest BCUT2D eigenvalue weighted by molar-refractivity contribution is -0.135. The second-order valence-corrected chi connectivity index (χ2v) is 6.51. The van der Waals surface area contributed by atoms with Gasteiger partial charge in [-0.2, -0.15) is 0 Å². The number of benzene rings is 1. The quantitative estimate of drug-likeness (QED) is 0.931. The molecule has 24 heavy (non-hydrogen) atoms. The summed E-state index contributed by atoms with van der Waals surface area (Å²) in [5.74, 6) is 0.513. The molecule has 1 aliphatic heterocycles. The third-order valence-electron chi connectivity index (χ3n) is 4.68. The molecule has 0 bridgehead atoms. The third-order valence-corrected chi connectivity index (χ3v) is 4.68. The zero-order chi connectivity index (χ0) is 17.2. The molecule has 1 aliphatic rings. The molecule has 2 heterocycles. The molecule has 0 spiro atoms. The molecule has 0 unspecified atom stereocenters. The fourth-order valence-electron chi connectivity index (χ4n) is 3.15. The number of carbonyl (C=O) groups is 1. The van der Waals surface area contributed by atoms with Gasteiger partial charge in [-0.05, 0) is 37.5 Å². The SMILES string of the molecule is Cc1nccn1CC1(O)CCN(C(=O)Cc2cccc(F)c2)CC1. The Labute approximate surface area is 140 Å². The second kappa shape index (κ2) is 6.73. The first-order valence-electron chi connectivity index (χ1n) is 8.18. The summed E-state index contributed by atoms with van der Waals surface area (Å²) in [5.41, 5.74) is -0.143. The van der Waals surface area contributed by atoms with Gasteiger partial charge in [0.05, 0.1) is 18.6 Å². The number of rotatable bonds is 4. The minimum absolute atomic E-state index is 0.0264. The van der Waals surface area contributed by atoms with Crippen LogP contribution in [0.3, 0.4) is 0 Å². The van der Waals surface area contributed by atoms with E-state index in [1.54, 1.807) is 23.2 Å². The van der Waals surface area contributed by atoms with Crippen molar-refractivity contribution in [2.75, 3.05) is 13.1 Å². The monoisotopic (exact) mass is 331 g/mol.